The van der Waals surface area contributed by atoms with Crippen LogP contribution in [-0.4, -0.2) is 15.9 Å². The first-order chi connectivity index (χ1) is 9.40. The van der Waals surface area contributed by atoms with Crippen molar-refractivity contribution in [3.63, 3.8) is 0 Å². The topological polar surface area (TPSA) is 92.9 Å². The fourth-order valence-electron chi connectivity index (χ4n) is 1.57. The maximum Gasteiger partial charge on any atom is 0.257 e. The van der Waals surface area contributed by atoms with E-state index in [-0.39, 0.29) is 11.3 Å². The van der Waals surface area contributed by atoms with Crippen LogP contribution in [0.4, 0.5) is 10.9 Å². The molecule has 0 aromatic carbocycles. The van der Waals surface area contributed by atoms with Crippen molar-refractivity contribution >= 4 is 28.2 Å². The summed E-state index contributed by atoms with van der Waals surface area (Å²) in [7, 11) is 0. The van der Waals surface area contributed by atoms with Crippen LogP contribution in [0.5, 0.6) is 0 Å². The lowest BCUT2D eigenvalue weighted by Gasteiger charge is -2.19. The van der Waals surface area contributed by atoms with Crippen LogP contribution in [0.3, 0.4) is 0 Å². The number of pyridine rings is 1. The van der Waals surface area contributed by atoms with Gasteiger partial charge in [0.1, 0.15) is 5.82 Å². The minimum atomic E-state index is -0.232. The van der Waals surface area contributed by atoms with Gasteiger partial charge in [-0.2, -0.15) is 0 Å². The molecule has 4 N–H and O–H groups in total. The van der Waals surface area contributed by atoms with E-state index < -0.39 is 0 Å². The summed E-state index contributed by atoms with van der Waals surface area (Å²) in [6.07, 6.45) is 1.64. The minimum absolute atomic E-state index is 0.178. The number of amides is 1. The van der Waals surface area contributed by atoms with Gasteiger partial charge in [-0.3, -0.25) is 10.1 Å². The van der Waals surface area contributed by atoms with Crippen molar-refractivity contribution in [3.05, 3.63) is 35.0 Å². The number of nitrogens with one attached hydrogen (secondary N) is 2. The van der Waals surface area contributed by atoms with Crippen LogP contribution in [0.25, 0.3) is 0 Å². The first-order valence-corrected chi connectivity index (χ1v) is 6.98. The van der Waals surface area contributed by atoms with Crippen molar-refractivity contribution in [2.24, 2.45) is 5.84 Å². The van der Waals surface area contributed by atoms with Gasteiger partial charge < -0.3 is 5.43 Å². The van der Waals surface area contributed by atoms with Gasteiger partial charge in [0.05, 0.1) is 0 Å². The Hall–Kier alpha value is -1.99. The van der Waals surface area contributed by atoms with Gasteiger partial charge in [-0.1, -0.05) is 20.8 Å². The van der Waals surface area contributed by atoms with Crippen LogP contribution >= 0.6 is 11.3 Å². The van der Waals surface area contributed by atoms with Crippen LogP contribution in [0.2, 0.25) is 0 Å². The molecule has 2 rings (SSSR count). The van der Waals surface area contributed by atoms with Crippen molar-refractivity contribution in [1.29, 1.82) is 0 Å². The van der Waals surface area contributed by atoms with E-state index >= 15 is 0 Å². The Balaban J connectivity index is 2.33. The first kappa shape index (κ1) is 14.4. The normalized spacial score (nSPS) is 11.2. The number of aromatic nitrogens is 2. The Morgan fingerprint density at radius 3 is 2.65 bits per heavy atom. The Kier molecular flexibility index (Phi) is 4.01. The predicted molar refractivity (Wildman–Crippen MR) is 80.8 cm³/mol. The number of rotatable bonds is 3. The monoisotopic (exact) mass is 291 g/mol. The molecule has 2 aromatic rings. The summed E-state index contributed by atoms with van der Waals surface area (Å²) in [5.41, 5.74) is 3.59. The number of thiazole rings is 1. The number of hydrazine groups is 1. The van der Waals surface area contributed by atoms with Gasteiger partial charge in [0.15, 0.2) is 5.13 Å². The van der Waals surface area contributed by atoms with Gasteiger partial charge in [0.25, 0.3) is 5.91 Å². The van der Waals surface area contributed by atoms with E-state index in [4.69, 9.17) is 5.84 Å². The average molecular weight is 291 g/mol. The second-order valence-corrected chi connectivity index (χ2v) is 6.21. The molecule has 0 saturated carbocycles. The standard InChI is InChI=1S/C13H17N5OS/c1-13(2,3)9-6-8(7-10(16-9)18-14)11(19)17-12-15-4-5-20-12/h4-7H,14H2,1-3H3,(H,16,18)(H,15,17,19). The predicted octanol–water partition coefficient (Wildman–Crippen LogP) is 2.37. The zero-order valence-electron chi connectivity index (χ0n) is 11.6. The number of anilines is 2. The van der Waals surface area contributed by atoms with Gasteiger partial charge >= 0.3 is 0 Å². The van der Waals surface area contributed by atoms with Crippen molar-refractivity contribution in [1.82, 2.24) is 9.97 Å². The molecule has 0 aliphatic heterocycles. The molecule has 0 saturated heterocycles. The van der Waals surface area contributed by atoms with Crippen LogP contribution in [0, 0.1) is 0 Å². The summed E-state index contributed by atoms with van der Waals surface area (Å²) in [5, 5.41) is 5.10. The Bertz CT molecular complexity index is 604. The van der Waals surface area contributed by atoms with E-state index in [0.29, 0.717) is 16.5 Å². The second kappa shape index (κ2) is 5.56. The summed E-state index contributed by atoms with van der Waals surface area (Å²) < 4.78 is 0. The van der Waals surface area contributed by atoms with Gasteiger partial charge in [-0.15, -0.1) is 11.3 Å². The molecule has 6 nitrogen and oxygen atoms in total. The third-order valence-electron chi connectivity index (χ3n) is 2.66. The Labute approximate surface area is 121 Å². The molecule has 0 atom stereocenters. The highest BCUT2D eigenvalue weighted by Gasteiger charge is 2.19. The largest absolute Gasteiger partial charge is 0.308 e. The summed E-state index contributed by atoms with van der Waals surface area (Å²) in [5.74, 6) is 5.64. The van der Waals surface area contributed by atoms with Gasteiger partial charge in [-0.05, 0) is 12.1 Å². The zero-order chi connectivity index (χ0) is 14.8. The molecule has 2 aromatic heterocycles. The van der Waals surface area contributed by atoms with E-state index in [1.54, 1.807) is 23.7 Å². The molecule has 0 radical (unpaired) electrons. The number of carbonyl (C=O) groups excluding carboxylic acids is 1. The van der Waals surface area contributed by atoms with E-state index in [0.717, 1.165) is 5.69 Å². The maximum absolute atomic E-state index is 12.2. The fourth-order valence-corrected chi connectivity index (χ4v) is 2.10. The summed E-state index contributed by atoms with van der Waals surface area (Å²) in [6, 6.07) is 3.38. The highest BCUT2D eigenvalue weighted by atomic mass is 32.1. The molecule has 0 unspecified atom stereocenters. The molecule has 106 valence electrons. The quantitative estimate of drug-likeness (QED) is 0.596. The summed E-state index contributed by atoms with van der Waals surface area (Å²) in [4.78, 5) is 20.6. The number of hydrogen-bond acceptors (Lipinski definition) is 6. The average Bonchev–Trinajstić information content (AvgIpc) is 2.90. The maximum atomic E-state index is 12.2. The van der Waals surface area contributed by atoms with Crippen LogP contribution in [0.15, 0.2) is 23.7 Å². The Morgan fingerprint density at radius 2 is 2.10 bits per heavy atom. The SMILES string of the molecule is CC(C)(C)c1cc(C(=O)Nc2nccs2)cc(NN)n1. The zero-order valence-corrected chi connectivity index (χ0v) is 12.4. The molecule has 7 heteroatoms. The van der Waals surface area contributed by atoms with Crippen LogP contribution in [-0.2, 0) is 5.41 Å². The third-order valence-corrected chi connectivity index (χ3v) is 3.35. The fraction of sp³-hybridized carbons (Fsp3) is 0.308. The molecule has 0 aliphatic carbocycles. The molecular weight excluding hydrogens is 274 g/mol. The third kappa shape index (κ3) is 3.31. The molecular formula is C13H17N5OS. The first-order valence-electron chi connectivity index (χ1n) is 6.10. The van der Waals surface area contributed by atoms with Gasteiger partial charge in [0, 0.05) is 28.2 Å². The number of nitrogens with zero attached hydrogens (tertiary/aromatic N) is 2. The molecule has 0 aliphatic rings. The van der Waals surface area contributed by atoms with Crippen LogP contribution in [0.1, 0.15) is 36.8 Å². The highest BCUT2D eigenvalue weighted by Crippen LogP contribution is 2.23. The molecule has 0 fully saturated rings. The number of nitrogens with two attached hydrogens (primary N) is 1. The lowest BCUT2D eigenvalue weighted by molar-refractivity contribution is 0.102. The number of nitrogen functional groups attached to an aromatic ring is 1. The molecule has 0 bridgehead atoms. The van der Waals surface area contributed by atoms with E-state index in [1.807, 2.05) is 20.8 Å². The van der Waals surface area contributed by atoms with E-state index in [9.17, 15) is 4.79 Å². The lowest BCUT2D eigenvalue weighted by atomic mass is 9.90. The van der Waals surface area contributed by atoms with Crippen molar-refractivity contribution in [2.45, 2.75) is 26.2 Å². The lowest BCUT2D eigenvalue weighted by Crippen LogP contribution is -2.20. The van der Waals surface area contributed by atoms with E-state index in [2.05, 4.69) is 20.7 Å². The van der Waals surface area contributed by atoms with Crippen molar-refractivity contribution in [3.8, 4) is 0 Å². The number of hydrogen-bond donors (Lipinski definition) is 3. The van der Waals surface area contributed by atoms with Gasteiger partial charge in [0.2, 0.25) is 0 Å². The Morgan fingerprint density at radius 1 is 1.35 bits per heavy atom. The molecule has 2 heterocycles. The summed E-state index contributed by atoms with van der Waals surface area (Å²) in [6.45, 7) is 6.08. The van der Waals surface area contributed by atoms with E-state index in [1.165, 1.54) is 11.3 Å². The minimum Gasteiger partial charge on any atom is -0.308 e. The second-order valence-electron chi connectivity index (χ2n) is 5.31. The van der Waals surface area contributed by atoms with Crippen LogP contribution < -0.4 is 16.6 Å². The molecule has 1 amide bonds. The summed E-state index contributed by atoms with van der Waals surface area (Å²) >= 11 is 1.37. The molecule has 20 heavy (non-hydrogen) atoms. The van der Waals surface area contributed by atoms with Gasteiger partial charge in [-0.25, -0.2) is 15.8 Å². The molecule has 0 spiro atoms. The highest BCUT2D eigenvalue weighted by molar-refractivity contribution is 7.13. The van der Waals surface area contributed by atoms with Crippen molar-refractivity contribution in [2.75, 3.05) is 10.7 Å². The number of carbonyl (C=O) groups is 1. The smallest absolute Gasteiger partial charge is 0.257 e. The van der Waals surface area contributed by atoms with Crippen molar-refractivity contribution < 1.29 is 4.79 Å².